The van der Waals surface area contributed by atoms with E-state index in [-0.39, 0.29) is 17.9 Å². The number of hydrogen-bond acceptors (Lipinski definition) is 5. The highest BCUT2D eigenvalue weighted by molar-refractivity contribution is 5.92. The van der Waals surface area contributed by atoms with E-state index in [9.17, 15) is 9.90 Å². The first-order valence-corrected chi connectivity index (χ1v) is 6.18. The number of aromatic hydroxyl groups is 1. The second-order valence-corrected chi connectivity index (χ2v) is 4.23. The number of phenols is 1. The molecule has 106 valence electrons. The zero-order valence-corrected chi connectivity index (χ0v) is 11.4. The van der Waals surface area contributed by atoms with Gasteiger partial charge in [-0.05, 0) is 18.2 Å². The lowest BCUT2D eigenvalue weighted by atomic mass is 10.1. The number of benzene rings is 2. The SMILES string of the molecule is COc1ccc(C(=O)OCc2ccccc2C#N)c(O)c1. The highest BCUT2D eigenvalue weighted by Crippen LogP contribution is 2.24. The summed E-state index contributed by atoms with van der Waals surface area (Å²) in [7, 11) is 1.46. The van der Waals surface area contributed by atoms with Crippen LogP contribution in [0.1, 0.15) is 21.5 Å². The smallest absolute Gasteiger partial charge is 0.342 e. The Kier molecular flexibility index (Phi) is 4.42. The Labute approximate surface area is 122 Å². The van der Waals surface area contributed by atoms with Gasteiger partial charge in [-0.15, -0.1) is 0 Å². The van der Waals surface area contributed by atoms with Crippen LogP contribution < -0.4 is 4.74 Å². The highest BCUT2D eigenvalue weighted by Gasteiger charge is 2.14. The minimum atomic E-state index is -0.664. The summed E-state index contributed by atoms with van der Waals surface area (Å²) in [4.78, 5) is 11.9. The fourth-order valence-corrected chi connectivity index (χ4v) is 1.79. The van der Waals surface area contributed by atoms with Crippen LogP contribution in [0.3, 0.4) is 0 Å². The van der Waals surface area contributed by atoms with Crippen molar-refractivity contribution in [3.63, 3.8) is 0 Å². The van der Waals surface area contributed by atoms with Gasteiger partial charge in [-0.1, -0.05) is 18.2 Å². The normalized spacial score (nSPS) is 9.71. The third-order valence-electron chi connectivity index (χ3n) is 2.92. The molecule has 2 aromatic rings. The predicted molar refractivity (Wildman–Crippen MR) is 74.9 cm³/mol. The molecule has 2 rings (SSSR count). The van der Waals surface area contributed by atoms with E-state index in [1.807, 2.05) is 6.07 Å². The van der Waals surface area contributed by atoms with Crippen LogP contribution in [0.5, 0.6) is 11.5 Å². The number of methoxy groups -OCH3 is 1. The molecule has 0 aliphatic carbocycles. The Bertz CT molecular complexity index is 704. The van der Waals surface area contributed by atoms with Gasteiger partial charge in [-0.25, -0.2) is 4.79 Å². The van der Waals surface area contributed by atoms with Crippen molar-refractivity contribution in [2.75, 3.05) is 7.11 Å². The quantitative estimate of drug-likeness (QED) is 0.872. The molecule has 21 heavy (non-hydrogen) atoms. The number of nitriles is 1. The molecule has 0 radical (unpaired) electrons. The second kappa shape index (κ2) is 6.44. The van der Waals surface area contributed by atoms with Crippen LogP contribution in [0.4, 0.5) is 0 Å². The van der Waals surface area contributed by atoms with Crippen LogP contribution in [0.25, 0.3) is 0 Å². The molecule has 5 nitrogen and oxygen atoms in total. The Morgan fingerprint density at radius 3 is 2.71 bits per heavy atom. The highest BCUT2D eigenvalue weighted by atomic mass is 16.5. The molecule has 0 aromatic heterocycles. The van der Waals surface area contributed by atoms with Gasteiger partial charge in [0.2, 0.25) is 0 Å². The van der Waals surface area contributed by atoms with Crippen LogP contribution >= 0.6 is 0 Å². The number of rotatable bonds is 4. The molecule has 5 heteroatoms. The first-order chi connectivity index (χ1) is 10.2. The fourth-order valence-electron chi connectivity index (χ4n) is 1.79. The number of carbonyl (C=O) groups excluding carboxylic acids is 1. The fraction of sp³-hybridized carbons (Fsp3) is 0.125. The summed E-state index contributed by atoms with van der Waals surface area (Å²) in [5.41, 5.74) is 1.11. The molecular weight excluding hydrogens is 270 g/mol. The van der Waals surface area contributed by atoms with E-state index in [4.69, 9.17) is 14.7 Å². The number of carbonyl (C=O) groups is 1. The number of ether oxygens (including phenoxy) is 2. The maximum atomic E-state index is 11.9. The van der Waals surface area contributed by atoms with Gasteiger partial charge in [0.1, 0.15) is 23.7 Å². The van der Waals surface area contributed by atoms with Crippen molar-refractivity contribution in [3.05, 3.63) is 59.2 Å². The van der Waals surface area contributed by atoms with Crippen LogP contribution in [0, 0.1) is 11.3 Å². The number of nitrogens with zero attached hydrogens (tertiary/aromatic N) is 1. The van der Waals surface area contributed by atoms with Crippen molar-refractivity contribution in [3.8, 4) is 17.6 Å². The van der Waals surface area contributed by atoms with E-state index in [1.54, 1.807) is 30.3 Å². The molecule has 0 fully saturated rings. The summed E-state index contributed by atoms with van der Waals surface area (Å²) in [6.45, 7) is -0.0337. The predicted octanol–water partition coefficient (Wildman–Crippen LogP) is 2.63. The van der Waals surface area contributed by atoms with E-state index in [1.165, 1.54) is 19.2 Å². The lowest BCUT2D eigenvalue weighted by Gasteiger charge is -2.08. The molecule has 0 unspecified atom stereocenters. The molecule has 0 spiro atoms. The molecule has 2 aromatic carbocycles. The van der Waals surface area contributed by atoms with Gasteiger partial charge in [0.15, 0.2) is 0 Å². The Morgan fingerprint density at radius 1 is 1.29 bits per heavy atom. The standard InChI is InChI=1S/C16H13NO4/c1-20-13-6-7-14(15(18)8-13)16(19)21-10-12-5-3-2-4-11(12)9-17/h2-8,18H,10H2,1H3. The molecule has 0 bridgehead atoms. The van der Waals surface area contributed by atoms with Gasteiger partial charge in [-0.2, -0.15) is 5.26 Å². The maximum absolute atomic E-state index is 11.9. The monoisotopic (exact) mass is 283 g/mol. The van der Waals surface area contributed by atoms with Crippen molar-refractivity contribution < 1.29 is 19.4 Å². The molecular formula is C16H13NO4. The van der Waals surface area contributed by atoms with Gasteiger partial charge >= 0.3 is 5.97 Å². The van der Waals surface area contributed by atoms with Crippen LogP contribution in [-0.4, -0.2) is 18.2 Å². The molecule has 0 saturated carbocycles. The van der Waals surface area contributed by atoms with E-state index in [0.717, 1.165) is 0 Å². The van der Waals surface area contributed by atoms with E-state index >= 15 is 0 Å². The van der Waals surface area contributed by atoms with E-state index < -0.39 is 5.97 Å². The average Bonchev–Trinajstić information content (AvgIpc) is 2.52. The average molecular weight is 283 g/mol. The van der Waals surface area contributed by atoms with Crippen LogP contribution in [0.2, 0.25) is 0 Å². The number of esters is 1. The van der Waals surface area contributed by atoms with Gasteiger partial charge < -0.3 is 14.6 Å². The molecule has 0 atom stereocenters. The summed E-state index contributed by atoms with van der Waals surface area (Å²) in [5.74, 6) is -0.435. The third kappa shape index (κ3) is 3.31. The summed E-state index contributed by atoms with van der Waals surface area (Å²) in [5, 5.41) is 18.7. The van der Waals surface area contributed by atoms with E-state index in [0.29, 0.717) is 16.9 Å². The van der Waals surface area contributed by atoms with Gasteiger partial charge in [0, 0.05) is 11.6 Å². The topological polar surface area (TPSA) is 79.5 Å². The summed E-state index contributed by atoms with van der Waals surface area (Å²) >= 11 is 0. The molecule has 0 aliphatic heterocycles. The van der Waals surface area contributed by atoms with Crippen molar-refractivity contribution in [1.29, 1.82) is 5.26 Å². The Hall–Kier alpha value is -3.00. The van der Waals surface area contributed by atoms with Crippen molar-refractivity contribution >= 4 is 5.97 Å². The van der Waals surface area contributed by atoms with Gasteiger partial charge in [0.05, 0.1) is 18.7 Å². The minimum Gasteiger partial charge on any atom is -0.507 e. The second-order valence-electron chi connectivity index (χ2n) is 4.23. The molecule has 0 saturated heterocycles. The zero-order valence-electron chi connectivity index (χ0n) is 11.4. The maximum Gasteiger partial charge on any atom is 0.342 e. The molecule has 0 heterocycles. The molecule has 0 aliphatic rings. The number of phenolic OH excluding ortho intramolecular Hbond substituents is 1. The first kappa shape index (κ1) is 14.4. The largest absolute Gasteiger partial charge is 0.507 e. The first-order valence-electron chi connectivity index (χ1n) is 6.18. The van der Waals surface area contributed by atoms with Crippen molar-refractivity contribution in [2.24, 2.45) is 0 Å². The van der Waals surface area contributed by atoms with E-state index in [2.05, 4.69) is 0 Å². The lowest BCUT2D eigenvalue weighted by Crippen LogP contribution is -2.06. The summed E-state index contributed by atoms with van der Waals surface area (Å²) < 4.78 is 10.1. The third-order valence-corrected chi connectivity index (χ3v) is 2.92. The van der Waals surface area contributed by atoms with Gasteiger partial charge in [-0.3, -0.25) is 0 Å². The molecule has 0 amide bonds. The van der Waals surface area contributed by atoms with Crippen molar-refractivity contribution in [1.82, 2.24) is 0 Å². The lowest BCUT2D eigenvalue weighted by molar-refractivity contribution is 0.0469. The Balaban J connectivity index is 2.10. The van der Waals surface area contributed by atoms with Crippen LogP contribution in [-0.2, 0) is 11.3 Å². The van der Waals surface area contributed by atoms with Crippen LogP contribution in [0.15, 0.2) is 42.5 Å². The summed E-state index contributed by atoms with van der Waals surface area (Å²) in [6, 6.07) is 13.2. The zero-order chi connectivity index (χ0) is 15.2. The Morgan fingerprint density at radius 2 is 2.05 bits per heavy atom. The van der Waals surface area contributed by atoms with Gasteiger partial charge in [0.25, 0.3) is 0 Å². The minimum absolute atomic E-state index is 0.0337. The van der Waals surface area contributed by atoms with Crippen molar-refractivity contribution in [2.45, 2.75) is 6.61 Å². The number of hydrogen-bond donors (Lipinski definition) is 1. The summed E-state index contributed by atoms with van der Waals surface area (Å²) in [6.07, 6.45) is 0. The molecule has 1 N–H and O–H groups in total.